The minimum Gasteiger partial charge on any atom is -0.310 e. The van der Waals surface area contributed by atoms with Gasteiger partial charge in [-0.05, 0) is 42.9 Å². The van der Waals surface area contributed by atoms with Gasteiger partial charge >= 0.3 is 0 Å². The van der Waals surface area contributed by atoms with Gasteiger partial charge in [0.25, 0.3) is 0 Å². The Balaban J connectivity index is 1.50. The lowest BCUT2D eigenvalue weighted by Crippen LogP contribution is -2.21. The number of aryl methyl sites for hydroxylation is 1. The van der Waals surface area contributed by atoms with Gasteiger partial charge in [-0.15, -0.1) is 0 Å². The lowest BCUT2D eigenvalue weighted by Gasteiger charge is -2.16. The quantitative estimate of drug-likeness (QED) is 0.827. The summed E-state index contributed by atoms with van der Waals surface area (Å²) in [5.41, 5.74) is 3.12. The molecule has 0 bridgehead atoms. The molecule has 0 aliphatic heterocycles. The second kappa shape index (κ2) is 5.22. The normalized spacial score (nSPS) is 24.1. The van der Waals surface area contributed by atoms with E-state index in [1.54, 1.807) is 11.1 Å². The highest BCUT2D eigenvalue weighted by molar-refractivity contribution is 5.34. The van der Waals surface area contributed by atoms with Crippen molar-refractivity contribution in [3.63, 3.8) is 0 Å². The third kappa shape index (κ3) is 2.55. The van der Waals surface area contributed by atoms with Crippen LogP contribution in [-0.4, -0.2) is 6.54 Å². The van der Waals surface area contributed by atoms with E-state index in [-0.39, 0.29) is 0 Å². The van der Waals surface area contributed by atoms with Gasteiger partial charge in [-0.2, -0.15) is 0 Å². The maximum Gasteiger partial charge on any atom is 0.0326 e. The number of hydrogen-bond acceptors (Lipinski definition) is 1. The second-order valence-corrected chi connectivity index (χ2v) is 5.68. The lowest BCUT2D eigenvalue weighted by atomic mass is 10.0. The predicted octanol–water partition coefficient (Wildman–Crippen LogP) is 3.84. The summed E-state index contributed by atoms with van der Waals surface area (Å²) in [5.74, 6) is 1.01. The van der Waals surface area contributed by atoms with Gasteiger partial charge in [0, 0.05) is 6.04 Å². The molecule has 2 aliphatic rings. The summed E-state index contributed by atoms with van der Waals surface area (Å²) in [4.78, 5) is 0. The number of fused-ring (bicyclic) bond motifs is 1. The SMILES string of the molecule is c1ccc2c(c1)CCC2NCCC1CCCC1. The molecule has 0 spiro atoms. The topological polar surface area (TPSA) is 12.0 Å². The molecule has 0 aromatic heterocycles. The summed E-state index contributed by atoms with van der Waals surface area (Å²) >= 11 is 0. The maximum atomic E-state index is 3.76. The molecule has 2 aliphatic carbocycles. The number of rotatable bonds is 4. The van der Waals surface area contributed by atoms with E-state index in [1.165, 1.54) is 51.5 Å². The van der Waals surface area contributed by atoms with Crippen molar-refractivity contribution in [3.8, 4) is 0 Å². The molecule has 1 nitrogen and oxygen atoms in total. The van der Waals surface area contributed by atoms with E-state index in [0.29, 0.717) is 6.04 Å². The molecule has 1 N–H and O–H groups in total. The van der Waals surface area contributed by atoms with Crippen molar-refractivity contribution in [2.75, 3.05) is 6.54 Å². The minimum absolute atomic E-state index is 0.632. The van der Waals surface area contributed by atoms with Gasteiger partial charge in [0.1, 0.15) is 0 Å². The molecule has 17 heavy (non-hydrogen) atoms. The van der Waals surface area contributed by atoms with Crippen molar-refractivity contribution in [2.24, 2.45) is 5.92 Å². The summed E-state index contributed by atoms with van der Waals surface area (Å²) < 4.78 is 0. The highest BCUT2D eigenvalue weighted by Gasteiger charge is 2.21. The van der Waals surface area contributed by atoms with Crippen LogP contribution in [0.25, 0.3) is 0 Å². The molecule has 1 heteroatoms. The van der Waals surface area contributed by atoms with Crippen LogP contribution in [0.1, 0.15) is 55.7 Å². The molecule has 1 saturated carbocycles. The standard InChI is InChI=1S/C16H23N/c1-2-6-13(5-1)11-12-17-16-10-9-14-7-3-4-8-15(14)16/h3-4,7-8,13,16-17H,1-2,5-6,9-12H2. The largest absolute Gasteiger partial charge is 0.310 e. The van der Waals surface area contributed by atoms with E-state index in [4.69, 9.17) is 0 Å². The molecular weight excluding hydrogens is 206 g/mol. The van der Waals surface area contributed by atoms with Gasteiger partial charge in [-0.25, -0.2) is 0 Å². The van der Waals surface area contributed by atoms with Gasteiger partial charge in [-0.1, -0.05) is 49.9 Å². The van der Waals surface area contributed by atoms with Crippen LogP contribution in [0.15, 0.2) is 24.3 Å². The van der Waals surface area contributed by atoms with Crippen molar-refractivity contribution in [2.45, 2.75) is 51.0 Å². The maximum absolute atomic E-state index is 3.76. The zero-order chi connectivity index (χ0) is 11.5. The molecule has 0 saturated heterocycles. The van der Waals surface area contributed by atoms with Crippen LogP contribution in [0.5, 0.6) is 0 Å². The molecular formula is C16H23N. The molecule has 1 unspecified atom stereocenters. The molecule has 1 aromatic carbocycles. The van der Waals surface area contributed by atoms with E-state index >= 15 is 0 Å². The van der Waals surface area contributed by atoms with Gasteiger partial charge in [0.05, 0.1) is 0 Å². The van der Waals surface area contributed by atoms with E-state index in [0.717, 1.165) is 5.92 Å². The third-order valence-corrected chi connectivity index (χ3v) is 4.55. The fraction of sp³-hybridized carbons (Fsp3) is 0.625. The molecule has 0 amide bonds. The Morgan fingerprint density at radius 3 is 2.76 bits per heavy atom. The van der Waals surface area contributed by atoms with Crippen LogP contribution in [0.4, 0.5) is 0 Å². The van der Waals surface area contributed by atoms with Crippen LogP contribution in [0, 0.1) is 5.92 Å². The summed E-state index contributed by atoms with van der Waals surface area (Å²) in [7, 11) is 0. The highest BCUT2D eigenvalue weighted by atomic mass is 14.9. The number of benzene rings is 1. The molecule has 1 atom stereocenters. The van der Waals surface area contributed by atoms with Crippen molar-refractivity contribution < 1.29 is 0 Å². The summed E-state index contributed by atoms with van der Waals surface area (Å²) in [6, 6.07) is 9.56. The Kier molecular flexibility index (Phi) is 3.46. The first-order valence-electron chi connectivity index (χ1n) is 7.24. The highest BCUT2D eigenvalue weighted by Crippen LogP contribution is 2.31. The minimum atomic E-state index is 0.632. The van der Waals surface area contributed by atoms with Gasteiger partial charge in [0.15, 0.2) is 0 Å². The lowest BCUT2D eigenvalue weighted by molar-refractivity contribution is 0.443. The third-order valence-electron chi connectivity index (χ3n) is 4.55. The van der Waals surface area contributed by atoms with Crippen LogP contribution in [-0.2, 0) is 6.42 Å². The summed E-state index contributed by atoms with van der Waals surface area (Å²) in [5, 5.41) is 3.76. The Morgan fingerprint density at radius 2 is 1.88 bits per heavy atom. The van der Waals surface area contributed by atoms with E-state index in [2.05, 4.69) is 29.6 Å². The molecule has 3 rings (SSSR count). The van der Waals surface area contributed by atoms with Crippen LogP contribution in [0.3, 0.4) is 0 Å². The average Bonchev–Trinajstić information content (AvgIpc) is 2.99. The van der Waals surface area contributed by atoms with E-state index in [9.17, 15) is 0 Å². The van der Waals surface area contributed by atoms with Crippen LogP contribution < -0.4 is 5.32 Å². The Labute approximate surface area is 105 Å². The Bertz CT molecular complexity index is 366. The first kappa shape index (κ1) is 11.3. The van der Waals surface area contributed by atoms with Gasteiger partial charge in [-0.3, -0.25) is 0 Å². The van der Waals surface area contributed by atoms with Crippen LogP contribution >= 0.6 is 0 Å². The molecule has 92 valence electrons. The zero-order valence-corrected chi connectivity index (χ0v) is 10.6. The monoisotopic (exact) mass is 229 g/mol. The fourth-order valence-electron chi connectivity index (χ4n) is 3.53. The molecule has 0 heterocycles. The number of nitrogens with one attached hydrogen (secondary N) is 1. The van der Waals surface area contributed by atoms with Gasteiger partial charge in [0.2, 0.25) is 0 Å². The first-order valence-corrected chi connectivity index (χ1v) is 7.24. The smallest absolute Gasteiger partial charge is 0.0326 e. The summed E-state index contributed by atoms with van der Waals surface area (Å²) in [6.45, 7) is 1.21. The van der Waals surface area contributed by atoms with Crippen molar-refractivity contribution in [1.82, 2.24) is 5.32 Å². The molecule has 0 radical (unpaired) electrons. The van der Waals surface area contributed by atoms with Crippen molar-refractivity contribution in [1.29, 1.82) is 0 Å². The Hall–Kier alpha value is -0.820. The van der Waals surface area contributed by atoms with Crippen molar-refractivity contribution in [3.05, 3.63) is 35.4 Å². The van der Waals surface area contributed by atoms with Gasteiger partial charge < -0.3 is 5.32 Å². The molecule has 1 aromatic rings. The first-order chi connectivity index (χ1) is 8.43. The molecule has 1 fully saturated rings. The fourth-order valence-corrected chi connectivity index (χ4v) is 3.53. The predicted molar refractivity (Wildman–Crippen MR) is 72.1 cm³/mol. The van der Waals surface area contributed by atoms with E-state index < -0.39 is 0 Å². The summed E-state index contributed by atoms with van der Waals surface area (Å²) in [6.07, 6.45) is 9.83. The second-order valence-electron chi connectivity index (χ2n) is 5.68. The zero-order valence-electron chi connectivity index (χ0n) is 10.6. The Morgan fingerprint density at radius 1 is 1.06 bits per heavy atom. The van der Waals surface area contributed by atoms with Crippen LogP contribution in [0.2, 0.25) is 0 Å². The van der Waals surface area contributed by atoms with Crippen molar-refractivity contribution >= 4 is 0 Å². The average molecular weight is 229 g/mol. The number of hydrogen-bond donors (Lipinski definition) is 1. The van der Waals surface area contributed by atoms with E-state index in [1.807, 2.05) is 0 Å².